The van der Waals surface area contributed by atoms with Gasteiger partial charge in [0.2, 0.25) is 0 Å². The van der Waals surface area contributed by atoms with Crippen LogP contribution in [-0.4, -0.2) is 36.5 Å². The smallest absolute Gasteiger partial charge is 0.339 e. The molecule has 0 aromatic rings. The van der Waals surface area contributed by atoms with E-state index in [9.17, 15) is 0 Å². The van der Waals surface area contributed by atoms with Gasteiger partial charge in [-0.3, -0.25) is 9.11 Å². The lowest BCUT2D eigenvalue weighted by molar-refractivity contribution is 0.381. The third-order valence-electron chi connectivity index (χ3n) is 0.335. The molecule has 0 saturated heterocycles. The highest BCUT2D eigenvalue weighted by Gasteiger charge is 1.84. The Balaban J connectivity index is 0. The van der Waals surface area contributed by atoms with Crippen molar-refractivity contribution in [1.82, 2.24) is 4.90 Å². The number of hydrogen-bond donors (Lipinski definition) is 2. The van der Waals surface area contributed by atoms with Gasteiger partial charge in [0.15, 0.2) is 0 Å². The summed E-state index contributed by atoms with van der Waals surface area (Å²) in [6, 6.07) is 2.79. The molecule has 0 unspecified atom stereocenters. The van der Waals surface area contributed by atoms with Crippen LogP contribution in [-0.2, 0) is 10.4 Å². The Morgan fingerprint density at radius 3 is 1.55 bits per heavy atom. The van der Waals surface area contributed by atoms with Gasteiger partial charge in [0.1, 0.15) is 0 Å². The third-order valence-corrected chi connectivity index (χ3v) is 0.335. The Morgan fingerprint density at radius 2 is 1.55 bits per heavy atom. The molecule has 0 fully saturated rings. The van der Waals surface area contributed by atoms with Gasteiger partial charge in [-0.2, -0.15) is 8.42 Å². The summed E-state index contributed by atoms with van der Waals surface area (Å²) in [5.74, 6) is 2.74. The van der Waals surface area contributed by atoms with Gasteiger partial charge in [-0.25, -0.2) is 0 Å². The monoisotopic (exact) mass is 181 g/mol. The van der Waals surface area contributed by atoms with Crippen molar-refractivity contribution >= 4 is 10.4 Å². The molecular formula is C5H11NO4S. The summed E-state index contributed by atoms with van der Waals surface area (Å²) in [4.78, 5) is 1.82. The molecule has 11 heavy (non-hydrogen) atoms. The maximum atomic E-state index is 8.74. The highest BCUT2D eigenvalue weighted by molar-refractivity contribution is 7.79. The van der Waals surface area contributed by atoms with Crippen LogP contribution in [0.25, 0.3) is 0 Å². The largest absolute Gasteiger partial charge is 0.394 e. The molecule has 0 saturated carbocycles. The highest BCUT2D eigenvalue weighted by atomic mass is 32.3. The summed E-state index contributed by atoms with van der Waals surface area (Å²) < 4.78 is 31.6. The molecule has 0 atom stereocenters. The maximum Gasteiger partial charge on any atom is 0.394 e. The average Bonchev–Trinajstić information content (AvgIpc) is 1.58. The first-order valence-corrected chi connectivity index (χ1v) is 3.96. The van der Waals surface area contributed by atoms with E-state index >= 15 is 0 Å². The van der Waals surface area contributed by atoms with E-state index < -0.39 is 10.4 Å². The topological polar surface area (TPSA) is 77.8 Å². The van der Waals surface area contributed by atoms with Crippen LogP contribution in [0.4, 0.5) is 0 Å². The zero-order chi connectivity index (χ0) is 9.49. The lowest BCUT2D eigenvalue weighted by Gasteiger charge is -1.94. The Bertz CT molecular complexity index is 225. The molecule has 0 aliphatic rings. The Kier molecular flexibility index (Phi) is 6.99. The van der Waals surface area contributed by atoms with Crippen LogP contribution in [0.5, 0.6) is 0 Å². The van der Waals surface area contributed by atoms with Gasteiger partial charge in [0.05, 0.1) is 0 Å². The van der Waals surface area contributed by atoms with E-state index in [0.29, 0.717) is 0 Å². The van der Waals surface area contributed by atoms with Crippen LogP contribution in [0.15, 0.2) is 0 Å². The molecule has 0 aliphatic heterocycles. The van der Waals surface area contributed by atoms with E-state index in [1.165, 1.54) is 0 Å². The summed E-state index contributed by atoms with van der Waals surface area (Å²) >= 11 is 0. The van der Waals surface area contributed by atoms with Gasteiger partial charge >= 0.3 is 10.4 Å². The molecule has 0 aromatic carbocycles. The van der Waals surface area contributed by atoms with Gasteiger partial charge in [-0.1, -0.05) is 5.92 Å². The Morgan fingerprint density at radius 1 is 1.27 bits per heavy atom. The maximum absolute atomic E-state index is 8.74. The minimum Gasteiger partial charge on any atom is -0.339 e. The fourth-order valence-corrected chi connectivity index (χ4v) is 0.224. The molecule has 0 amide bonds. The van der Waals surface area contributed by atoms with Gasteiger partial charge in [0, 0.05) is 20.1 Å². The normalized spacial score (nSPS) is 8.45. The molecule has 0 heterocycles. The zero-order valence-electron chi connectivity index (χ0n) is 6.57. The lowest BCUT2D eigenvalue weighted by Crippen LogP contribution is -2.00. The SMILES string of the molecule is CC#CN(C)C.O=S(=O)(O)O. The molecule has 5 nitrogen and oxygen atoms in total. The van der Waals surface area contributed by atoms with Crippen molar-refractivity contribution in [2.24, 2.45) is 0 Å². The van der Waals surface area contributed by atoms with E-state index in [1.54, 1.807) is 0 Å². The van der Waals surface area contributed by atoms with E-state index in [-0.39, 0.29) is 0 Å². The fourth-order valence-electron chi connectivity index (χ4n) is 0.224. The molecule has 2 N–H and O–H groups in total. The van der Waals surface area contributed by atoms with Crippen LogP contribution in [0.1, 0.15) is 6.92 Å². The summed E-state index contributed by atoms with van der Waals surface area (Å²) in [7, 11) is -0.840. The summed E-state index contributed by atoms with van der Waals surface area (Å²) in [6.45, 7) is 1.82. The van der Waals surface area contributed by atoms with Crippen LogP contribution in [0.2, 0.25) is 0 Å². The molecular weight excluding hydrogens is 170 g/mol. The van der Waals surface area contributed by atoms with Crippen molar-refractivity contribution < 1.29 is 17.5 Å². The second-order valence-corrected chi connectivity index (χ2v) is 2.60. The molecule has 66 valence electrons. The van der Waals surface area contributed by atoms with Crippen molar-refractivity contribution in [2.75, 3.05) is 14.1 Å². The first-order chi connectivity index (χ1) is 4.77. The van der Waals surface area contributed by atoms with Crippen molar-refractivity contribution in [2.45, 2.75) is 6.92 Å². The minimum atomic E-state index is -4.67. The van der Waals surface area contributed by atoms with Crippen LogP contribution in [0, 0.1) is 12.0 Å². The minimum absolute atomic E-state index is 1.82. The van der Waals surface area contributed by atoms with E-state index in [1.807, 2.05) is 25.9 Å². The molecule has 0 radical (unpaired) electrons. The predicted molar refractivity (Wildman–Crippen MR) is 41.3 cm³/mol. The Labute approximate surface area is 66.6 Å². The molecule has 0 rings (SSSR count). The first-order valence-electron chi connectivity index (χ1n) is 2.57. The van der Waals surface area contributed by atoms with Crippen LogP contribution < -0.4 is 0 Å². The number of rotatable bonds is 0. The van der Waals surface area contributed by atoms with Gasteiger partial charge in [-0.15, -0.1) is 0 Å². The zero-order valence-corrected chi connectivity index (χ0v) is 7.38. The molecule has 6 heteroatoms. The van der Waals surface area contributed by atoms with Gasteiger partial charge < -0.3 is 4.90 Å². The third kappa shape index (κ3) is 97.0. The second-order valence-electron chi connectivity index (χ2n) is 1.70. The summed E-state index contributed by atoms with van der Waals surface area (Å²) in [5.41, 5.74) is 0. The molecule has 0 aromatic heterocycles. The van der Waals surface area contributed by atoms with E-state index in [4.69, 9.17) is 17.5 Å². The standard InChI is InChI=1S/C5H9N.H2O4S/c1-4-5-6(2)3;1-5(2,3)4/h1-3H3;(H2,1,2,3,4). The second kappa shape index (κ2) is 5.97. The number of nitrogens with zero attached hydrogens (tertiary/aromatic N) is 1. The van der Waals surface area contributed by atoms with Crippen molar-refractivity contribution in [3.63, 3.8) is 0 Å². The molecule has 0 bridgehead atoms. The highest BCUT2D eigenvalue weighted by Crippen LogP contribution is 1.60. The molecule has 0 spiro atoms. The van der Waals surface area contributed by atoms with Crippen molar-refractivity contribution in [3.05, 3.63) is 0 Å². The number of hydrogen-bond acceptors (Lipinski definition) is 3. The molecule has 0 aliphatic carbocycles. The van der Waals surface area contributed by atoms with Crippen LogP contribution >= 0.6 is 0 Å². The lowest BCUT2D eigenvalue weighted by atomic mass is 10.7. The predicted octanol–water partition coefficient (Wildman–Crippen LogP) is -0.124. The average molecular weight is 181 g/mol. The Hall–Kier alpha value is -0.770. The van der Waals surface area contributed by atoms with Gasteiger partial charge in [0.25, 0.3) is 0 Å². The summed E-state index contributed by atoms with van der Waals surface area (Å²) in [6.07, 6.45) is 0. The quantitative estimate of drug-likeness (QED) is 0.309. The first kappa shape index (κ1) is 12.9. The fraction of sp³-hybridized carbons (Fsp3) is 0.600. The summed E-state index contributed by atoms with van der Waals surface area (Å²) in [5, 5.41) is 0. The van der Waals surface area contributed by atoms with E-state index in [2.05, 4.69) is 12.0 Å². The van der Waals surface area contributed by atoms with Crippen molar-refractivity contribution in [1.29, 1.82) is 0 Å². The van der Waals surface area contributed by atoms with Crippen molar-refractivity contribution in [3.8, 4) is 12.0 Å². The van der Waals surface area contributed by atoms with Crippen LogP contribution in [0.3, 0.4) is 0 Å². The van der Waals surface area contributed by atoms with E-state index in [0.717, 1.165) is 0 Å². The van der Waals surface area contributed by atoms with Gasteiger partial charge in [-0.05, 0) is 6.92 Å².